The zero-order valence-electron chi connectivity index (χ0n) is 14.7. The summed E-state index contributed by atoms with van der Waals surface area (Å²) in [5.41, 5.74) is 2.65. The molecule has 0 aliphatic rings. The average Bonchev–Trinajstić information content (AvgIpc) is 2.99. The maximum absolute atomic E-state index is 13.7. The fourth-order valence-electron chi connectivity index (χ4n) is 2.81. The van der Waals surface area contributed by atoms with Gasteiger partial charge in [0.05, 0.1) is 22.5 Å². The maximum atomic E-state index is 13.7. The Hall–Kier alpha value is -2.69. The lowest BCUT2D eigenvalue weighted by atomic mass is 10.0. The molecule has 25 heavy (non-hydrogen) atoms. The molecule has 1 N–H and O–H groups in total. The van der Waals surface area contributed by atoms with E-state index in [1.54, 1.807) is 12.1 Å². The van der Waals surface area contributed by atoms with Crippen LogP contribution in [0, 0.1) is 11.7 Å². The first-order valence-electron chi connectivity index (χ1n) is 8.46. The average molecular weight is 339 g/mol. The third kappa shape index (κ3) is 3.71. The number of hydrogen-bond acceptors (Lipinski definition) is 2. The van der Waals surface area contributed by atoms with Crippen LogP contribution in [0.5, 0.6) is 0 Å². The molecule has 1 amide bonds. The second-order valence-corrected chi connectivity index (χ2v) is 6.66. The highest BCUT2D eigenvalue weighted by atomic mass is 19.1. The molecule has 0 saturated carbocycles. The van der Waals surface area contributed by atoms with Crippen molar-refractivity contribution in [3.8, 4) is 11.4 Å². The van der Waals surface area contributed by atoms with E-state index < -0.39 is 0 Å². The summed E-state index contributed by atoms with van der Waals surface area (Å²) in [6.45, 7) is 4.81. The van der Waals surface area contributed by atoms with Crippen molar-refractivity contribution in [3.05, 3.63) is 54.0 Å². The molecule has 0 bridgehead atoms. The molecule has 1 aromatic carbocycles. The molecule has 0 saturated heterocycles. The molecule has 0 aliphatic carbocycles. The third-order valence-electron chi connectivity index (χ3n) is 4.23. The normalized spacial score (nSPS) is 11.2. The number of fused-ring (bicyclic) bond motifs is 1. The van der Waals surface area contributed by atoms with Gasteiger partial charge in [0.25, 0.3) is 5.91 Å². The molecule has 0 radical (unpaired) electrons. The molecule has 0 aliphatic heterocycles. The van der Waals surface area contributed by atoms with E-state index in [4.69, 9.17) is 0 Å². The van der Waals surface area contributed by atoms with Gasteiger partial charge in [-0.25, -0.2) is 9.37 Å². The van der Waals surface area contributed by atoms with Crippen molar-refractivity contribution in [3.63, 3.8) is 0 Å². The highest BCUT2D eigenvalue weighted by molar-refractivity contribution is 6.07. The van der Waals surface area contributed by atoms with Gasteiger partial charge in [0, 0.05) is 25.2 Å². The van der Waals surface area contributed by atoms with E-state index in [1.165, 1.54) is 12.1 Å². The number of rotatable bonds is 5. The van der Waals surface area contributed by atoms with E-state index in [9.17, 15) is 9.18 Å². The largest absolute Gasteiger partial charge is 0.352 e. The zero-order valence-corrected chi connectivity index (χ0v) is 14.7. The second kappa shape index (κ2) is 7.05. The van der Waals surface area contributed by atoms with Gasteiger partial charge in [-0.2, -0.15) is 0 Å². The van der Waals surface area contributed by atoms with Gasteiger partial charge in [-0.1, -0.05) is 13.8 Å². The van der Waals surface area contributed by atoms with Gasteiger partial charge >= 0.3 is 0 Å². The Morgan fingerprint density at radius 2 is 2.08 bits per heavy atom. The molecule has 0 spiro atoms. The number of carbonyl (C=O) groups is 1. The van der Waals surface area contributed by atoms with E-state index >= 15 is 0 Å². The minimum Gasteiger partial charge on any atom is -0.352 e. The number of carbonyl (C=O) groups excluding carboxylic acids is 1. The van der Waals surface area contributed by atoms with Gasteiger partial charge in [-0.15, -0.1) is 0 Å². The summed E-state index contributed by atoms with van der Waals surface area (Å²) in [6, 6.07) is 9.95. The molecule has 2 aromatic heterocycles. The Morgan fingerprint density at radius 3 is 2.76 bits per heavy atom. The van der Waals surface area contributed by atoms with Crippen molar-refractivity contribution in [2.45, 2.75) is 20.3 Å². The first-order chi connectivity index (χ1) is 12.0. The number of nitrogens with one attached hydrogen (secondary N) is 1. The monoisotopic (exact) mass is 339 g/mol. The Labute approximate surface area is 146 Å². The SMILES string of the molecule is CC(C)CCNC(=O)c1cc(-c2cccn2C)nc2ccc(F)cc12. The minimum absolute atomic E-state index is 0.200. The summed E-state index contributed by atoms with van der Waals surface area (Å²) in [5.74, 6) is -0.0721. The van der Waals surface area contributed by atoms with Crippen molar-refractivity contribution >= 4 is 16.8 Å². The van der Waals surface area contributed by atoms with Crippen LogP contribution in [0.3, 0.4) is 0 Å². The van der Waals surface area contributed by atoms with Crippen LogP contribution >= 0.6 is 0 Å². The zero-order chi connectivity index (χ0) is 18.0. The standard InChI is InChI=1S/C20H22FN3O/c1-13(2)8-9-22-20(25)16-12-18(19-5-4-10-24(19)3)23-17-7-6-14(21)11-15(16)17/h4-7,10-13H,8-9H2,1-3H3,(H,22,25). The lowest BCUT2D eigenvalue weighted by molar-refractivity contribution is 0.0953. The van der Waals surface area contributed by atoms with E-state index in [0.717, 1.165) is 12.1 Å². The lowest BCUT2D eigenvalue weighted by Crippen LogP contribution is -2.25. The molecule has 0 atom stereocenters. The van der Waals surface area contributed by atoms with Gasteiger partial charge < -0.3 is 9.88 Å². The van der Waals surface area contributed by atoms with Gasteiger partial charge in [0.2, 0.25) is 0 Å². The number of aromatic nitrogens is 2. The molecular weight excluding hydrogens is 317 g/mol. The lowest BCUT2D eigenvalue weighted by Gasteiger charge is -2.12. The number of hydrogen-bond donors (Lipinski definition) is 1. The van der Waals surface area contributed by atoms with Gasteiger partial charge in [0.1, 0.15) is 5.82 Å². The second-order valence-electron chi connectivity index (χ2n) is 6.66. The van der Waals surface area contributed by atoms with Gasteiger partial charge in [-0.3, -0.25) is 4.79 Å². The maximum Gasteiger partial charge on any atom is 0.252 e. The molecule has 2 heterocycles. The van der Waals surface area contributed by atoms with Crippen LogP contribution in [-0.4, -0.2) is 22.0 Å². The number of benzene rings is 1. The topological polar surface area (TPSA) is 46.9 Å². The van der Waals surface area contributed by atoms with Crippen LogP contribution in [0.2, 0.25) is 0 Å². The van der Waals surface area contributed by atoms with E-state index in [1.807, 2.05) is 29.9 Å². The molecular formula is C20H22FN3O. The van der Waals surface area contributed by atoms with Gasteiger partial charge in [-0.05, 0) is 48.7 Å². The highest BCUT2D eigenvalue weighted by Gasteiger charge is 2.15. The van der Waals surface area contributed by atoms with Crippen LogP contribution in [-0.2, 0) is 7.05 Å². The smallest absolute Gasteiger partial charge is 0.252 e. The molecule has 3 aromatic rings. The fraction of sp³-hybridized carbons (Fsp3) is 0.300. The van der Waals surface area contributed by atoms with Crippen LogP contribution < -0.4 is 5.32 Å². The van der Waals surface area contributed by atoms with Crippen molar-refractivity contribution in [2.75, 3.05) is 6.54 Å². The summed E-state index contributed by atoms with van der Waals surface area (Å²) in [7, 11) is 1.92. The van der Waals surface area contributed by atoms with Crippen molar-refractivity contribution in [1.29, 1.82) is 0 Å². The Balaban J connectivity index is 2.06. The van der Waals surface area contributed by atoms with Crippen molar-refractivity contribution < 1.29 is 9.18 Å². The third-order valence-corrected chi connectivity index (χ3v) is 4.23. The van der Waals surface area contributed by atoms with Crippen LogP contribution in [0.1, 0.15) is 30.6 Å². The van der Waals surface area contributed by atoms with Crippen LogP contribution in [0.15, 0.2) is 42.6 Å². The number of aryl methyl sites for hydroxylation is 1. The minimum atomic E-state index is -0.378. The quantitative estimate of drug-likeness (QED) is 0.759. The van der Waals surface area contributed by atoms with Crippen LogP contribution in [0.25, 0.3) is 22.3 Å². The van der Waals surface area contributed by atoms with Crippen LogP contribution in [0.4, 0.5) is 4.39 Å². The Kier molecular flexibility index (Phi) is 4.83. The molecule has 130 valence electrons. The summed E-state index contributed by atoms with van der Waals surface area (Å²) in [5, 5.41) is 3.46. The summed E-state index contributed by atoms with van der Waals surface area (Å²) in [4.78, 5) is 17.3. The number of amides is 1. The molecule has 5 heteroatoms. The van der Waals surface area contributed by atoms with Crippen molar-refractivity contribution in [2.24, 2.45) is 13.0 Å². The van der Waals surface area contributed by atoms with E-state index in [0.29, 0.717) is 34.6 Å². The predicted molar refractivity (Wildman–Crippen MR) is 97.9 cm³/mol. The summed E-state index contributed by atoms with van der Waals surface area (Å²) < 4.78 is 15.7. The number of halogens is 1. The summed E-state index contributed by atoms with van der Waals surface area (Å²) in [6.07, 6.45) is 2.82. The molecule has 0 unspecified atom stereocenters. The predicted octanol–water partition coefficient (Wildman–Crippen LogP) is 4.16. The molecule has 0 fully saturated rings. The van der Waals surface area contributed by atoms with Crippen molar-refractivity contribution in [1.82, 2.24) is 14.9 Å². The first kappa shape index (κ1) is 17.1. The number of pyridine rings is 1. The Bertz CT molecular complexity index is 914. The highest BCUT2D eigenvalue weighted by Crippen LogP contribution is 2.25. The van der Waals surface area contributed by atoms with E-state index in [-0.39, 0.29) is 11.7 Å². The molecule has 3 rings (SSSR count). The fourth-order valence-corrected chi connectivity index (χ4v) is 2.81. The first-order valence-corrected chi connectivity index (χ1v) is 8.46. The van der Waals surface area contributed by atoms with E-state index in [2.05, 4.69) is 24.1 Å². The Morgan fingerprint density at radius 1 is 1.28 bits per heavy atom. The van der Waals surface area contributed by atoms with Gasteiger partial charge in [0.15, 0.2) is 0 Å². The molecule has 4 nitrogen and oxygen atoms in total. The number of nitrogens with zero attached hydrogens (tertiary/aromatic N) is 2. The summed E-state index contributed by atoms with van der Waals surface area (Å²) >= 11 is 0.